The van der Waals surface area contributed by atoms with E-state index < -0.39 is 5.97 Å². The molecule has 0 aromatic heterocycles. The number of fused-ring (bicyclic) bond motifs is 2. The van der Waals surface area contributed by atoms with Crippen molar-refractivity contribution in [1.29, 1.82) is 0 Å². The molecule has 2 aliphatic rings. The number of carboxylic acid groups (broad SMARTS) is 1. The van der Waals surface area contributed by atoms with Gasteiger partial charge in [0, 0.05) is 5.92 Å². The molecular weight excluding hydrogens is 340 g/mol. The van der Waals surface area contributed by atoms with Crippen molar-refractivity contribution in [2.75, 3.05) is 0 Å². The Morgan fingerprint density at radius 1 is 1.33 bits per heavy atom. The molecule has 0 radical (unpaired) electrons. The Labute approximate surface area is 161 Å². The maximum Gasteiger partial charge on any atom is 0.335 e. The summed E-state index contributed by atoms with van der Waals surface area (Å²) in [6.07, 6.45) is 14.5. The van der Waals surface area contributed by atoms with Gasteiger partial charge in [-0.2, -0.15) is 0 Å². The van der Waals surface area contributed by atoms with E-state index in [1.165, 1.54) is 0 Å². The predicted molar refractivity (Wildman–Crippen MR) is 107 cm³/mol. The molecule has 27 heavy (non-hydrogen) atoms. The first kappa shape index (κ1) is 19.8. The van der Waals surface area contributed by atoms with E-state index in [4.69, 9.17) is 9.84 Å². The lowest BCUT2D eigenvalue weighted by Gasteiger charge is -2.25. The molecule has 2 saturated heterocycles. The summed E-state index contributed by atoms with van der Waals surface area (Å²) < 4.78 is 6.12. The minimum Gasteiger partial charge on any atom is -0.478 e. The Morgan fingerprint density at radius 2 is 2.15 bits per heavy atom. The van der Waals surface area contributed by atoms with Gasteiger partial charge in [0.25, 0.3) is 0 Å². The van der Waals surface area contributed by atoms with Crippen LogP contribution in [0, 0.1) is 11.8 Å². The number of carbonyl (C=O) groups is 1. The number of rotatable bonds is 9. The molecule has 0 saturated carbocycles. The van der Waals surface area contributed by atoms with Gasteiger partial charge in [0.1, 0.15) is 0 Å². The lowest BCUT2D eigenvalue weighted by atomic mass is 9.77. The molecule has 3 rings (SSSR count). The van der Waals surface area contributed by atoms with E-state index in [-0.39, 0.29) is 12.2 Å². The van der Waals surface area contributed by atoms with Gasteiger partial charge >= 0.3 is 5.97 Å². The Hall–Kier alpha value is -1.91. The van der Waals surface area contributed by atoms with E-state index in [2.05, 4.69) is 19.1 Å². The first-order chi connectivity index (χ1) is 13.1. The second-order valence-electron chi connectivity index (χ2n) is 7.69. The molecule has 4 heteroatoms. The van der Waals surface area contributed by atoms with Gasteiger partial charge in [-0.15, -0.1) is 0 Å². The highest BCUT2D eigenvalue weighted by atomic mass is 16.5. The van der Waals surface area contributed by atoms with Crippen molar-refractivity contribution in [2.24, 2.45) is 11.8 Å². The van der Waals surface area contributed by atoms with Crippen molar-refractivity contribution in [3.05, 3.63) is 53.6 Å². The highest BCUT2D eigenvalue weighted by Gasteiger charge is 2.46. The zero-order valence-corrected chi connectivity index (χ0v) is 16.0. The van der Waals surface area contributed by atoms with Crippen molar-refractivity contribution < 1.29 is 19.7 Å². The number of ether oxygens (including phenoxy) is 1. The second kappa shape index (κ2) is 9.34. The molecule has 4 nitrogen and oxygen atoms in total. The fraction of sp³-hybridized carbons (Fsp3) is 0.522. The predicted octanol–water partition coefficient (Wildman–Crippen LogP) is 4.69. The molecule has 2 bridgehead atoms. The van der Waals surface area contributed by atoms with Crippen LogP contribution in [0.4, 0.5) is 0 Å². The Kier molecular flexibility index (Phi) is 6.86. The normalized spacial score (nSPS) is 28.4. The minimum atomic E-state index is -0.904. The summed E-state index contributed by atoms with van der Waals surface area (Å²) in [5.74, 6) is -0.120. The minimum absolute atomic E-state index is 0.276. The van der Waals surface area contributed by atoms with Crippen LogP contribution in [0.2, 0.25) is 0 Å². The number of benzene rings is 1. The largest absolute Gasteiger partial charge is 0.478 e. The van der Waals surface area contributed by atoms with Crippen LogP contribution >= 0.6 is 0 Å². The molecule has 2 aliphatic heterocycles. The van der Waals surface area contributed by atoms with Crippen molar-refractivity contribution >= 4 is 12.0 Å². The van der Waals surface area contributed by atoms with Crippen LogP contribution in [0.15, 0.2) is 42.5 Å². The number of allylic oxidation sites excluding steroid dienone is 1. The number of aromatic carboxylic acids is 1. The molecule has 0 spiro atoms. The lowest BCUT2D eigenvalue weighted by molar-refractivity contribution is 0.0696. The quantitative estimate of drug-likeness (QED) is 0.619. The topological polar surface area (TPSA) is 66.8 Å². The van der Waals surface area contributed by atoms with Crippen molar-refractivity contribution in [3.63, 3.8) is 0 Å². The van der Waals surface area contributed by atoms with Crippen LogP contribution in [-0.2, 0) is 4.74 Å². The van der Waals surface area contributed by atoms with Crippen LogP contribution in [0.3, 0.4) is 0 Å². The summed E-state index contributed by atoms with van der Waals surface area (Å²) in [5, 5.41) is 19.2. The number of hydrogen-bond acceptors (Lipinski definition) is 3. The number of unbranched alkanes of at least 4 members (excludes halogenated alkanes) is 1. The zero-order valence-electron chi connectivity index (χ0n) is 16.0. The maximum absolute atomic E-state index is 11.1. The zero-order chi connectivity index (χ0) is 19.2. The third kappa shape index (κ3) is 5.08. The lowest BCUT2D eigenvalue weighted by Crippen LogP contribution is -2.25. The van der Waals surface area contributed by atoms with Crippen LogP contribution in [0.5, 0.6) is 0 Å². The SMILES string of the molecule is CCCCC(O)C=C[C@H]1[C@H](CC=Cc2cccc(C(=O)O)c2)[C@@H]2CC[C@H]1O2. The molecule has 2 fully saturated rings. The average Bonchev–Trinajstić information content (AvgIpc) is 3.27. The summed E-state index contributed by atoms with van der Waals surface area (Å²) in [4.78, 5) is 11.1. The summed E-state index contributed by atoms with van der Waals surface area (Å²) in [6, 6.07) is 6.99. The van der Waals surface area contributed by atoms with Crippen molar-refractivity contribution in [2.45, 2.75) is 63.8 Å². The number of aliphatic hydroxyl groups excluding tert-OH is 1. The molecule has 1 aromatic carbocycles. The van der Waals surface area contributed by atoms with Gasteiger partial charge in [0.2, 0.25) is 0 Å². The van der Waals surface area contributed by atoms with Crippen molar-refractivity contribution in [3.8, 4) is 0 Å². The Bertz CT molecular complexity index is 693. The molecule has 146 valence electrons. The van der Waals surface area contributed by atoms with E-state index in [1.807, 2.05) is 18.2 Å². The Balaban J connectivity index is 1.61. The molecule has 2 heterocycles. The highest BCUT2D eigenvalue weighted by molar-refractivity contribution is 5.88. The summed E-state index contributed by atoms with van der Waals surface area (Å²) >= 11 is 0. The first-order valence-corrected chi connectivity index (χ1v) is 10.1. The van der Waals surface area contributed by atoms with Crippen molar-refractivity contribution in [1.82, 2.24) is 0 Å². The smallest absolute Gasteiger partial charge is 0.335 e. The molecule has 0 aliphatic carbocycles. The van der Waals surface area contributed by atoms with E-state index in [0.717, 1.165) is 44.1 Å². The van der Waals surface area contributed by atoms with Gasteiger partial charge in [-0.05, 0) is 49.3 Å². The molecule has 2 N–H and O–H groups in total. The van der Waals surface area contributed by atoms with Gasteiger partial charge in [-0.3, -0.25) is 0 Å². The second-order valence-corrected chi connectivity index (χ2v) is 7.69. The van der Waals surface area contributed by atoms with Gasteiger partial charge in [0.05, 0.1) is 23.9 Å². The third-order valence-corrected chi connectivity index (χ3v) is 5.75. The standard InChI is InChI=1S/C23H30O4/c1-2-3-9-18(24)11-12-20-19(21-13-14-22(20)27-21)10-5-7-16-6-4-8-17(15-16)23(25)26/h4-8,11-12,15,18-22,24H,2-3,9-10,13-14H2,1H3,(H,25,26)/t18?,19-,20-,21-,22+/m0/s1. The van der Waals surface area contributed by atoms with Crippen LogP contribution in [0.25, 0.3) is 6.08 Å². The van der Waals surface area contributed by atoms with Crippen LogP contribution in [-0.4, -0.2) is 34.5 Å². The van der Waals surface area contributed by atoms with E-state index in [1.54, 1.807) is 18.2 Å². The summed E-state index contributed by atoms with van der Waals surface area (Å²) in [6.45, 7) is 2.13. The van der Waals surface area contributed by atoms with Gasteiger partial charge in [-0.25, -0.2) is 4.79 Å². The fourth-order valence-corrected chi connectivity index (χ4v) is 4.29. The van der Waals surface area contributed by atoms with Crippen LogP contribution < -0.4 is 0 Å². The van der Waals surface area contributed by atoms with Crippen LogP contribution in [0.1, 0.15) is 61.4 Å². The fourth-order valence-electron chi connectivity index (χ4n) is 4.29. The third-order valence-electron chi connectivity index (χ3n) is 5.75. The average molecular weight is 370 g/mol. The molecule has 1 aromatic rings. The Morgan fingerprint density at radius 3 is 2.93 bits per heavy atom. The highest BCUT2D eigenvalue weighted by Crippen LogP contribution is 2.46. The maximum atomic E-state index is 11.1. The van der Waals surface area contributed by atoms with Gasteiger partial charge in [0.15, 0.2) is 0 Å². The monoisotopic (exact) mass is 370 g/mol. The number of aliphatic hydroxyl groups is 1. The van der Waals surface area contributed by atoms with E-state index >= 15 is 0 Å². The van der Waals surface area contributed by atoms with Gasteiger partial charge in [-0.1, -0.05) is 56.2 Å². The number of hydrogen-bond donors (Lipinski definition) is 2. The summed E-state index contributed by atoms with van der Waals surface area (Å²) in [5.41, 5.74) is 1.21. The molecule has 0 amide bonds. The molecular formula is C23H30O4. The van der Waals surface area contributed by atoms with E-state index in [9.17, 15) is 9.90 Å². The molecule has 5 atom stereocenters. The molecule has 1 unspecified atom stereocenters. The summed E-state index contributed by atoms with van der Waals surface area (Å²) in [7, 11) is 0. The first-order valence-electron chi connectivity index (χ1n) is 10.1. The van der Waals surface area contributed by atoms with Gasteiger partial charge < -0.3 is 14.9 Å². The van der Waals surface area contributed by atoms with E-state index in [0.29, 0.717) is 23.5 Å². The number of carboxylic acids is 1.